The number of esters is 1. The van der Waals surface area contributed by atoms with Crippen LogP contribution in [0.15, 0.2) is 69.9 Å². The molecule has 5 atom stereocenters. The van der Waals surface area contributed by atoms with Crippen molar-refractivity contribution in [2.24, 2.45) is 0 Å². The zero-order chi connectivity index (χ0) is 31.7. The Bertz CT molecular complexity index is 1780. The van der Waals surface area contributed by atoms with Gasteiger partial charge in [0.1, 0.15) is 65.0 Å². The Balaban J connectivity index is 1.35. The maximum Gasteiger partial charge on any atom is 0.330 e. The van der Waals surface area contributed by atoms with E-state index >= 15 is 0 Å². The second-order valence-electron chi connectivity index (χ2n) is 9.84. The first-order valence-electron chi connectivity index (χ1n) is 13.0. The molecule has 8 N–H and O–H groups in total. The number of phenolic OH excluding ortho intramolecular Hbond substituents is 5. The van der Waals surface area contributed by atoms with E-state index in [0.717, 1.165) is 36.4 Å². The third-order valence-corrected chi connectivity index (χ3v) is 6.74. The van der Waals surface area contributed by atoms with Crippen molar-refractivity contribution in [2.75, 3.05) is 6.61 Å². The van der Waals surface area contributed by atoms with Gasteiger partial charge in [-0.15, -0.1) is 0 Å². The molecule has 14 nitrogen and oxygen atoms in total. The molecule has 1 aliphatic heterocycles. The molecule has 0 unspecified atom stereocenters. The lowest BCUT2D eigenvalue weighted by atomic mass is 9.99. The molecular formula is C30H26O14. The second kappa shape index (κ2) is 12.1. The Morgan fingerprint density at radius 3 is 2.30 bits per heavy atom. The highest BCUT2D eigenvalue weighted by Gasteiger charge is 2.45. The number of rotatable bonds is 7. The van der Waals surface area contributed by atoms with E-state index in [1.165, 1.54) is 18.2 Å². The maximum atomic E-state index is 12.6. The molecule has 14 heteroatoms. The molecule has 2 heterocycles. The van der Waals surface area contributed by atoms with Crippen LogP contribution < -0.4 is 10.2 Å². The van der Waals surface area contributed by atoms with Crippen LogP contribution in [0.4, 0.5) is 0 Å². The van der Waals surface area contributed by atoms with Crippen LogP contribution in [0.2, 0.25) is 0 Å². The predicted octanol–water partition coefficient (Wildman–Crippen LogP) is 1.43. The van der Waals surface area contributed by atoms with Gasteiger partial charge in [0.2, 0.25) is 12.0 Å². The standard InChI is InChI=1S/C30H26O14/c31-15-4-1-13(2-5-15)3-6-24(36)41-12-23-27(38)28(39)29(40)30(44-23)43-22-8-14(7-19(35)26(22)37)20-11-18(34)25-17(33)9-16(32)10-21(25)42-20/h1-11,23,27-33,35,37-40H,12H2/b6-3+/t23-,27-,28+,29-,30-/m1/s1. The summed E-state index contributed by atoms with van der Waals surface area (Å²) in [5, 5.41) is 81.0. The van der Waals surface area contributed by atoms with Gasteiger partial charge >= 0.3 is 5.97 Å². The van der Waals surface area contributed by atoms with Gasteiger partial charge in [-0.25, -0.2) is 4.79 Å². The quantitative estimate of drug-likeness (QED) is 0.0840. The molecule has 0 amide bonds. The molecule has 1 aliphatic rings. The molecule has 5 rings (SSSR count). The summed E-state index contributed by atoms with van der Waals surface area (Å²) in [5.41, 5.74) is -0.301. The van der Waals surface area contributed by atoms with Crippen LogP contribution in [-0.2, 0) is 14.3 Å². The lowest BCUT2D eigenvalue weighted by Gasteiger charge is -2.39. The molecule has 230 valence electrons. The third kappa shape index (κ3) is 6.23. The minimum atomic E-state index is -1.87. The number of ether oxygens (including phenoxy) is 3. The molecule has 4 aromatic rings. The number of aliphatic hydroxyl groups is 3. The van der Waals surface area contributed by atoms with E-state index in [4.69, 9.17) is 18.6 Å². The Hall–Kier alpha value is -5.28. The summed E-state index contributed by atoms with van der Waals surface area (Å²) in [5.74, 6) is -3.91. The number of carbonyl (C=O) groups is 1. The SMILES string of the molecule is O=C(/C=C/c1ccc(O)cc1)OC[C@H]1O[C@@H](Oc2cc(-c3cc(=O)c4c(O)cc(O)cc4o3)cc(O)c2O)[C@H](O)[C@@H](O)[C@@H]1O. The van der Waals surface area contributed by atoms with E-state index < -0.39 is 71.7 Å². The molecule has 1 saturated heterocycles. The van der Waals surface area contributed by atoms with Crippen LogP contribution in [0.5, 0.6) is 34.5 Å². The van der Waals surface area contributed by atoms with E-state index in [9.17, 15) is 50.4 Å². The average Bonchev–Trinajstić information content (AvgIpc) is 2.98. The van der Waals surface area contributed by atoms with Gasteiger partial charge in [-0.1, -0.05) is 12.1 Å². The number of phenols is 5. The van der Waals surface area contributed by atoms with Crippen LogP contribution in [0.25, 0.3) is 28.4 Å². The van der Waals surface area contributed by atoms with Crippen molar-refractivity contribution in [3.05, 3.63) is 76.5 Å². The summed E-state index contributed by atoms with van der Waals surface area (Å²) < 4.78 is 21.8. The fourth-order valence-corrected chi connectivity index (χ4v) is 4.46. The Labute approximate surface area is 247 Å². The number of hydrogen-bond acceptors (Lipinski definition) is 14. The highest BCUT2D eigenvalue weighted by Crippen LogP contribution is 2.42. The molecule has 0 saturated carbocycles. The number of carbonyl (C=O) groups excluding carboxylic acids is 1. The Kier molecular flexibility index (Phi) is 8.33. The molecular weight excluding hydrogens is 584 g/mol. The van der Waals surface area contributed by atoms with Crippen LogP contribution in [-0.4, -0.2) is 84.1 Å². The van der Waals surface area contributed by atoms with Gasteiger partial charge in [-0.2, -0.15) is 0 Å². The molecule has 0 aliphatic carbocycles. The normalized spacial score (nSPS) is 21.8. The number of aliphatic hydroxyl groups excluding tert-OH is 3. The largest absolute Gasteiger partial charge is 0.508 e. The fraction of sp³-hybridized carbons (Fsp3) is 0.200. The number of aromatic hydroxyl groups is 5. The molecule has 0 radical (unpaired) electrons. The Morgan fingerprint density at radius 1 is 0.841 bits per heavy atom. The second-order valence-corrected chi connectivity index (χ2v) is 9.84. The van der Waals surface area contributed by atoms with Crippen molar-refractivity contribution in [2.45, 2.75) is 30.7 Å². The van der Waals surface area contributed by atoms with Gasteiger partial charge < -0.3 is 59.5 Å². The molecule has 0 bridgehead atoms. The van der Waals surface area contributed by atoms with Gasteiger partial charge in [0.15, 0.2) is 16.9 Å². The van der Waals surface area contributed by atoms with Crippen molar-refractivity contribution < 1.29 is 64.3 Å². The summed E-state index contributed by atoms with van der Waals surface area (Å²) in [6.07, 6.45) is -6.10. The highest BCUT2D eigenvalue weighted by molar-refractivity contribution is 5.87. The van der Waals surface area contributed by atoms with Crippen molar-refractivity contribution in [1.82, 2.24) is 0 Å². The number of benzene rings is 3. The lowest BCUT2D eigenvalue weighted by molar-refractivity contribution is -0.278. The van der Waals surface area contributed by atoms with Crippen molar-refractivity contribution in [3.63, 3.8) is 0 Å². The number of hydrogen-bond donors (Lipinski definition) is 8. The fourth-order valence-electron chi connectivity index (χ4n) is 4.46. The van der Waals surface area contributed by atoms with Crippen LogP contribution in [0.3, 0.4) is 0 Å². The predicted molar refractivity (Wildman–Crippen MR) is 150 cm³/mol. The van der Waals surface area contributed by atoms with Crippen LogP contribution in [0, 0.1) is 0 Å². The monoisotopic (exact) mass is 610 g/mol. The van der Waals surface area contributed by atoms with E-state index in [-0.39, 0.29) is 33.8 Å². The summed E-state index contributed by atoms with van der Waals surface area (Å²) in [6, 6.07) is 11.1. The first-order valence-corrected chi connectivity index (χ1v) is 13.0. The smallest absolute Gasteiger partial charge is 0.330 e. The van der Waals surface area contributed by atoms with Gasteiger partial charge in [-0.05, 0) is 35.9 Å². The van der Waals surface area contributed by atoms with Gasteiger partial charge in [0, 0.05) is 29.8 Å². The van der Waals surface area contributed by atoms with Crippen molar-refractivity contribution in [1.29, 1.82) is 0 Å². The molecule has 3 aromatic carbocycles. The maximum absolute atomic E-state index is 12.6. The number of fused-ring (bicyclic) bond motifs is 1. The van der Waals surface area contributed by atoms with Crippen molar-refractivity contribution in [3.8, 4) is 45.8 Å². The lowest BCUT2D eigenvalue weighted by Crippen LogP contribution is -2.60. The first-order chi connectivity index (χ1) is 20.9. The topological polar surface area (TPSA) is 237 Å². The molecule has 1 fully saturated rings. The van der Waals surface area contributed by atoms with Crippen LogP contribution >= 0.6 is 0 Å². The summed E-state index contributed by atoms with van der Waals surface area (Å²) in [6.45, 7) is -0.581. The summed E-state index contributed by atoms with van der Waals surface area (Å²) in [4.78, 5) is 24.8. The first kappa shape index (κ1) is 30.2. The van der Waals surface area contributed by atoms with Crippen molar-refractivity contribution >= 4 is 23.0 Å². The minimum Gasteiger partial charge on any atom is -0.508 e. The summed E-state index contributed by atoms with van der Waals surface area (Å²) in [7, 11) is 0. The highest BCUT2D eigenvalue weighted by atomic mass is 16.7. The average molecular weight is 611 g/mol. The van der Waals surface area contributed by atoms with E-state index in [1.54, 1.807) is 12.1 Å². The molecule has 44 heavy (non-hydrogen) atoms. The van der Waals surface area contributed by atoms with Crippen LogP contribution in [0.1, 0.15) is 5.56 Å². The summed E-state index contributed by atoms with van der Waals surface area (Å²) >= 11 is 0. The van der Waals surface area contributed by atoms with E-state index in [1.807, 2.05) is 0 Å². The zero-order valence-electron chi connectivity index (χ0n) is 22.5. The van der Waals surface area contributed by atoms with Gasteiger partial charge in [-0.3, -0.25) is 4.79 Å². The van der Waals surface area contributed by atoms with E-state index in [0.29, 0.717) is 5.56 Å². The Morgan fingerprint density at radius 2 is 1.57 bits per heavy atom. The molecule has 1 aromatic heterocycles. The van der Waals surface area contributed by atoms with Gasteiger partial charge in [0.25, 0.3) is 0 Å². The van der Waals surface area contributed by atoms with Gasteiger partial charge in [0.05, 0.1) is 0 Å². The minimum absolute atomic E-state index is 0.0195. The third-order valence-electron chi connectivity index (χ3n) is 6.74. The zero-order valence-corrected chi connectivity index (χ0v) is 22.5. The van der Waals surface area contributed by atoms with E-state index in [2.05, 4.69) is 0 Å². The molecule has 0 spiro atoms.